The topological polar surface area (TPSA) is 87.0 Å². The molecule has 5 heteroatoms. The number of aryl methyl sites for hydroxylation is 2. The number of hydrogen-bond donors (Lipinski definition) is 3. The zero-order valence-corrected chi connectivity index (χ0v) is 14.3. The van der Waals surface area contributed by atoms with Crippen molar-refractivity contribution < 1.29 is 24.9 Å². The molecule has 25 heavy (non-hydrogen) atoms. The Morgan fingerprint density at radius 2 is 1.72 bits per heavy atom. The number of methoxy groups -OCH3 is 1. The van der Waals surface area contributed by atoms with Gasteiger partial charge in [-0.1, -0.05) is 18.2 Å². The van der Waals surface area contributed by atoms with Gasteiger partial charge >= 0.3 is 0 Å². The number of phenols is 2. The lowest BCUT2D eigenvalue weighted by Crippen LogP contribution is -2.14. The van der Waals surface area contributed by atoms with Gasteiger partial charge in [0.1, 0.15) is 11.5 Å². The number of benzene rings is 2. The lowest BCUT2D eigenvalue weighted by Gasteiger charge is -2.10. The number of Topliss-reactive ketones (excluding diaryl/α,β-unsaturated/α-hetero) is 1. The van der Waals surface area contributed by atoms with E-state index in [1.807, 2.05) is 12.1 Å². The average Bonchev–Trinajstić information content (AvgIpc) is 2.60. The summed E-state index contributed by atoms with van der Waals surface area (Å²) in [6.45, 7) is 0. The van der Waals surface area contributed by atoms with Gasteiger partial charge in [-0.05, 0) is 54.7 Å². The van der Waals surface area contributed by atoms with Gasteiger partial charge in [-0.15, -0.1) is 0 Å². The van der Waals surface area contributed by atoms with Crippen LogP contribution in [0.2, 0.25) is 0 Å². The van der Waals surface area contributed by atoms with Crippen LogP contribution in [0.25, 0.3) is 0 Å². The van der Waals surface area contributed by atoms with Crippen molar-refractivity contribution in [3.8, 4) is 17.2 Å². The summed E-state index contributed by atoms with van der Waals surface area (Å²) in [5.41, 5.74) is 1.92. The first-order chi connectivity index (χ1) is 12.0. The maximum atomic E-state index is 12.0. The molecule has 5 nitrogen and oxygen atoms in total. The first-order valence-electron chi connectivity index (χ1n) is 8.31. The van der Waals surface area contributed by atoms with Gasteiger partial charge in [0.25, 0.3) is 0 Å². The van der Waals surface area contributed by atoms with E-state index in [1.54, 1.807) is 30.3 Å². The summed E-state index contributed by atoms with van der Waals surface area (Å²) in [6, 6.07) is 11.9. The van der Waals surface area contributed by atoms with Crippen LogP contribution in [-0.2, 0) is 17.6 Å². The molecule has 2 rings (SSSR count). The molecule has 2 aromatic carbocycles. The molecule has 0 spiro atoms. The minimum absolute atomic E-state index is 0.00486. The fourth-order valence-electron chi connectivity index (χ4n) is 2.62. The molecule has 0 heterocycles. The molecular formula is C20H24O5. The quantitative estimate of drug-likeness (QED) is 0.651. The Kier molecular flexibility index (Phi) is 6.83. The zero-order chi connectivity index (χ0) is 18.2. The lowest BCUT2D eigenvalue weighted by atomic mass is 10.00. The molecule has 0 aromatic heterocycles. The van der Waals surface area contributed by atoms with Crippen LogP contribution in [0.3, 0.4) is 0 Å². The second kappa shape index (κ2) is 9.08. The molecule has 2 aromatic rings. The van der Waals surface area contributed by atoms with Crippen molar-refractivity contribution in [3.63, 3.8) is 0 Å². The van der Waals surface area contributed by atoms with Crippen LogP contribution in [0.5, 0.6) is 17.2 Å². The zero-order valence-electron chi connectivity index (χ0n) is 14.3. The summed E-state index contributed by atoms with van der Waals surface area (Å²) in [5, 5.41) is 28.8. The summed E-state index contributed by atoms with van der Waals surface area (Å²) in [6.07, 6.45) is 1.50. The van der Waals surface area contributed by atoms with Crippen molar-refractivity contribution in [2.24, 2.45) is 0 Å². The highest BCUT2D eigenvalue weighted by atomic mass is 16.5. The lowest BCUT2D eigenvalue weighted by molar-refractivity contribution is -0.120. The van der Waals surface area contributed by atoms with Crippen LogP contribution in [0.15, 0.2) is 42.5 Å². The number of phenolic OH excluding ortho intramolecular Hbond substituents is 2. The second-order valence-corrected chi connectivity index (χ2v) is 6.11. The van der Waals surface area contributed by atoms with Crippen molar-refractivity contribution in [1.29, 1.82) is 0 Å². The predicted octanol–water partition coefficient (Wildman–Crippen LogP) is 2.99. The van der Waals surface area contributed by atoms with E-state index in [1.165, 1.54) is 7.11 Å². The van der Waals surface area contributed by atoms with Gasteiger partial charge in [0, 0.05) is 12.8 Å². The van der Waals surface area contributed by atoms with E-state index in [0.717, 1.165) is 11.1 Å². The third-order valence-electron chi connectivity index (χ3n) is 4.10. The number of hydrogen-bond acceptors (Lipinski definition) is 5. The normalized spacial score (nSPS) is 11.9. The molecule has 0 saturated heterocycles. The summed E-state index contributed by atoms with van der Waals surface area (Å²) in [7, 11) is 1.48. The highest BCUT2D eigenvalue weighted by Gasteiger charge is 2.12. The number of ketones is 1. The Hall–Kier alpha value is -2.53. The van der Waals surface area contributed by atoms with Crippen molar-refractivity contribution in [1.82, 2.24) is 0 Å². The smallest absolute Gasteiger partial charge is 0.160 e. The monoisotopic (exact) mass is 344 g/mol. The number of ether oxygens (including phenoxy) is 1. The molecule has 0 aliphatic rings. The third-order valence-corrected chi connectivity index (χ3v) is 4.10. The van der Waals surface area contributed by atoms with E-state index in [0.29, 0.717) is 31.4 Å². The largest absolute Gasteiger partial charge is 0.508 e. The number of rotatable bonds is 9. The summed E-state index contributed by atoms with van der Waals surface area (Å²) >= 11 is 0. The van der Waals surface area contributed by atoms with Crippen molar-refractivity contribution >= 4 is 5.78 Å². The van der Waals surface area contributed by atoms with Gasteiger partial charge in [-0.2, -0.15) is 0 Å². The predicted molar refractivity (Wildman–Crippen MR) is 95.0 cm³/mol. The standard InChI is InChI=1S/C20H24O5/c1-25-20-12-15(6-11-19(20)24)5-10-18(23)13-17(22)9-4-14-2-7-16(21)8-3-14/h2-3,6-8,11-12,17,21-22,24H,4-5,9-10,13H2,1H3. The molecule has 0 saturated carbocycles. The van der Waals surface area contributed by atoms with Crippen LogP contribution in [-0.4, -0.2) is 34.3 Å². The summed E-state index contributed by atoms with van der Waals surface area (Å²) < 4.78 is 5.05. The summed E-state index contributed by atoms with van der Waals surface area (Å²) in [5.74, 6) is 0.677. The second-order valence-electron chi connectivity index (χ2n) is 6.11. The minimum Gasteiger partial charge on any atom is -0.508 e. The van der Waals surface area contributed by atoms with E-state index in [9.17, 15) is 20.1 Å². The van der Waals surface area contributed by atoms with Gasteiger partial charge in [0.05, 0.1) is 13.2 Å². The minimum atomic E-state index is -0.671. The van der Waals surface area contributed by atoms with Crippen LogP contribution in [0.1, 0.15) is 30.4 Å². The van der Waals surface area contributed by atoms with E-state index in [2.05, 4.69) is 0 Å². The van der Waals surface area contributed by atoms with Gasteiger partial charge < -0.3 is 20.1 Å². The van der Waals surface area contributed by atoms with Gasteiger partial charge in [-0.3, -0.25) is 4.79 Å². The Morgan fingerprint density at radius 1 is 1.04 bits per heavy atom. The molecule has 0 radical (unpaired) electrons. The Bertz CT molecular complexity index is 694. The SMILES string of the molecule is COc1cc(CCC(=O)CC(O)CCc2ccc(O)cc2)ccc1O. The molecule has 3 N–H and O–H groups in total. The Labute approximate surface area is 147 Å². The Balaban J connectivity index is 1.74. The molecule has 0 fully saturated rings. The highest BCUT2D eigenvalue weighted by Crippen LogP contribution is 2.26. The average molecular weight is 344 g/mol. The maximum absolute atomic E-state index is 12.0. The molecular weight excluding hydrogens is 320 g/mol. The van der Waals surface area contributed by atoms with Gasteiger partial charge in [0.15, 0.2) is 11.5 Å². The maximum Gasteiger partial charge on any atom is 0.160 e. The first kappa shape index (κ1) is 18.8. The number of aromatic hydroxyl groups is 2. The number of aliphatic hydroxyl groups is 1. The van der Waals surface area contributed by atoms with Crippen molar-refractivity contribution in [2.75, 3.05) is 7.11 Å². The first-order valence-corrected chi connectivity index (χ1v) is 8.31. The Morgan fingerprint density at radius 3 is 2.40 bits per heavy atom. The number of carbonyl (C=O) groups excluding carboxylic acids is 1. The molecule has 0 aliphatic heterocycles. The molecule has 0 bridgehead atoms. The molecule has 0 amide bonds. The van der Waals surface area contributed by atoms with Crippen LogP contribution < -0.4 is 4.74 Å². The van der Waals surface area contributed by atoms with E-state index in [-0.39, 0.29) is 23.7 Å². The number of aliphatic hydroxyl groups excluding tert-OH is 1. The number of carbonyl (C=O) groups is 1. The molecule has 134 valence electrons. The van der Waals surface area contributed by atoms with Crippen LogP contribution in [0.4, 0.5) is 0 Å². The fraction of sp³-hybridized carbons (Fsp3) is 0.350. The molecule has 1 atom stereocenters. The van der Waals surface area contributed by atoms with E-state index < -0.39 is 6.10 Å². The van der Waals surface area contributed by atoms with Gasteiger partial charge in [-0.25, -0.2) is 0 Å². The summed E-state index contributed by atoms with van der Waals surface area (Å²) in [4.78, 5) is 12.0. The third kappa shape index (κ3) is 6.12. The highest BCUT2D eigenvalue weighted by molar-refractivity contribution is 5.79. The van der Waals surface area contributed by atoms with Crippen molar-refractivity contribution in [2.45, 2.75) is 38.2 Å². The fourth-order valence-corrected chi connectivity index (χ4v) is 2.62. The van der Waals surface area contributed by atoms with Crippen LogP contribution in [0, 0.1) is 0 Å². The van der Waals surface area contributed by atoms with E-state index in [4.69, 9.17) is 4.74 Å². The van der Waals surface area contributed by atoms with Crippen LogP contribution >= 0.6 is 0 Å². The molecule has 1 unspecified atom stereocenters. The molecule has 0 aliphatic carbocycles. The van der Waals surface area contributed by atoms with Crippen molar-refractivity contribution in [3.05, 3.63) is 53.6 Å². The van der Waals surface area contributed by atoms with Gasteiger partial charge in [0.2, 0.25) is 0 Å². The van der Waals surface area contributed by atoms with E-state index >= 15 is 0 Å².